The molecule has 1 unspecified atom stereocenters. The molecule has 0 aromatic heterocycles. The number of rotatable bonds is 7. The molecule has 174 valence electrons. The van der Waals surface area contributed by atoms with E-state index in [4.69, 9.17) is 4.74 Å². The second-order valence-corrected chi connectivity index (χ2v) is 9.12. The normalized spacial score (nSPS) is 12.3. The number of aromatic hydroxyl groups is 1. The Kier molecular flexibility index (Phi) is 6.48. The van der Waals surface area contributed by atoms with Crippen molar-refractivity contribution in [2.45, 2.75) is 26.8 Å². The van der Waals surface area contributed by atoms with Crippen molar-refractivity contribution in [2.75, 3.05) is 31.8 Å². The van der Waals surface area contributed by atoms with Crippen molar-refractivity contribution in [3.05, 3.63) is 74.0 Å². The number of nitrogens with zero attached hydrogens (tertiary/aromatic N) is 1. The van der Waals surface area contributed by atoms with Crippen LogP contribution in [0.25, 0.3) is 0 Å². The summed E-state index contributed by atoms with van der Waals surface area (Å²) in [6, 6.07) is 11.7. The van der Waals surface area contributed by atoms with Crippen LogP contribution in [0, 0.1) is 5.41 Å². The number of ether oxygens (including phenoxy) is 1. The molecular weight excluding hydrogens is 422 g/mol. The zero-order chi connectivity index (χ0) is 24.5. The minimum absolute atomic E-state index is 0.0360. The molecule has 0 spiro atoms. The molecule has 3 N–H and O–H groups in total. The lowest BCUT2D eigenvalue weighted by Crippen LogP contribution is -2.39. The number of amides is 1. The number of benzene rings is 2. The third-order valence-corrected chi connectivity index (χ3v) is 5.45. The molecule has 1 amide bonds. The molecule has 0 radical (unpaired) electrons. The van der Waals surface area contributed by atoms with Gasteiger partial charge in [-0.3, -0.25) is 14.4 Å². The Morgan fingerprint density at radius 3 is 2.24 bits per heavy atom. The van der Waals surface area contributed by atoms with Gasteiger partial charge in [0, 0.05) is 19.7 Å². The van der Waals surface area contributed by atoms with Crippen LogP contribution in [0.4, 0.5) is 17.1 Å². The van der Waals surface area contributed by atoms with E-state index in [1.807, 2.05) is 45.0 Å². The monoisotopic (exact) mass is 451 g/mol. The van der Waals surface area contributed by atoms with Crippen molar-refractivity contribution in [3.8, 4) is 11.5 Å². The van der Waals surface area contributed by atoms with Gasteiger partial charge in [-0.25, -0.2) is 0 Å². The molecule has 0 aliphatic rings. The van der Waals surface area contributed by atoms with Gasteiger partial charge < -0.3 is 25.4 Å². The smallest absolute Gasteiger partial charge is 0.257 e. The van der Waals surface area contributed by atoms with E-state index in [2.05, 4.69) is 10.6 Å². The van der Waals surface area contributed by atoms with Crippen molar-refractivity contribution >= 4 is 23.0 Å². The van der Waals surface area contributed by atoms with Gasteiger partial charge in [0.15, 0.2) is 5.75 Å². The lowest BCUT2D eigenvalue weighted by molar-refractivity contribution is 0.0824. The molecule has 0 aliphatic carbocycles. The molecular formula is C25H29N3O5. The van der Waals surface area contributed by atoms with Gasteiger partial charge in [0.1, 0.15) is 17.1 Å². The second kappa shape index (κ2) is 8.97. The zero-order valence-corrected chi connectivity index (χ0v) is 19.6. The van der Waals surface area contributed by atoms with E-state index in [1.54, 1.807) is 27.3 Å². The van der Waals surface area contributed by atoms with Crippen LogP contribution in [-0.2, 0) is 0 Å². The Balaban J connectivity index is 2.00. The number of anilines is 3. The first-order valence-corrected chi connectivity index (χ1v) is 10.5. The van der Waals surface area contributed by atoms with E-state index in [1.165, 1.54) is 17.0 Å². The van der Waals surface area contributed by atoms with E-state index < -0.39 is 10.9 Å². The number of phenolic OH excluding ortho intramolecular Hbond substituents is 1. The number of para-hydroxylation sites is 2. The molecule has 3 aromatic carbocycles. The summed E-state index contributed by atoms with van der Waals surface area (Å²) in [5.74, 6) is -0.0264. The van der Waals surface area contributed by atoms with Gasteiger partial charge in [0.2, 0.25) is 0 Å². The van der Waals surface area contributed by atoms with Gasteiger partial charge in [-0.2, -0.15) is 0 Å². The lowest BCUT2D eigenvalue weighted by atomic mass is 9.81. The number of nitrogens with one attached hydrogen (secondary N) is 2. The summed E-state index contributed by atoms with van der Waals surface area (Å²) in [6.07, 6.45) is 0. The summed E-state index contributed by atoms with van der Waals surface area (Å²) in [5, 5.41) is 16.7. The highest BCUT2D eigenvalue weighted by Gasteiger charge is 2.33. The van der Waals surface area contributed by atoms with Gasteiger partial charge in [0.25, 0.3) is 16.8 Å². The first-order valence-electron chi connectivity index (χ1n) is 10.5. The maximum absolute atomic E-state index is 12.5. The molecule has 8 heteroatoms. The number of methoxy groups -OCH3 is 1. The Hall–Kier alpha value is -3.81. The van der Waals surface area contributed by atoms with Crippen molar-refractivity contribution in [3.63, 3.8) is 0 Å². The molecule has 1 atom stereocenters. The highest BCUT2D eigenvalue weighted by Crippen LogP contribution is 2.41. The molecule has 3 rings (SSSR count). The van der Waals surface area contributed by atoms with Gasteiger partial charge in [0.05, 0.1) is 24.4 Å². The fraction of sp³-hybridized carbons (Fsp3) is 0.320. The van der Waals surface area contributed by atoms with Gasteiger partial charge in [-0.1, -0.05) is 45.0 Å². The fourth-order valence-corrected chi connectivity index (χ4v) is 3.65. The maximum Gasteiger partial charge on any atom is 0.257 e. The van der Waals surface area contributed by atoms with Crippen LogP contribution in [0.5, 0.6) is 11.5 Å². The van der Waals surface area contributed by atoms with Crippen LogP contribution in [0.2, 0.25) is 0 Å². The van der Waals surface area contributed by atoms with E-state index in [9.17, 15) is 19.5 Å². The zero-order valence-electron chi connectivity index (χ0n) is 19.6. The first-order chi connectivity index (χ1) is 15.5. The van der Waals surface area contributed by atoms with Crippen molar-refractivity contribution in [1.82, 2.24) is 4.90 Å². The Labute approximate surface area is 192 Å². The van der Waals surface area contributed by atoms with Crippen molar-refractivity contribution in [2.24, 2.45) is 5.41 Å². The number of carbonyl (C=O) groups is 1. The summed E-state index contributed by atoms with van der Waals surface area (Å²) in [6.45, 7) is 6.04. The topological polar surface area (TPSA) is 108 Å². The summed E-state index contributed by atoms with van der Waals surface area (Å²) < 4.78 is 5.50. The largest absolute Gasteiger partial charge is 0.505 e. The Morgan fingerprint density at radius 1 is 1.00 bits per heavy atom. The van der Waals surface area contributed by atoms with Gasteiger partial charge in [-0.05, 0) is 23.6 Å². The lowest BCUT2D eigenvalue weighted by Gasteiger charge is -2.34. The number of carbonyl (C=O) groups excluding carboxylic acids is 1. The third kappa shape index (κ3) is 4.55. The molecule has 0 saturated carbocycles. The van der Waals surface area contributed by atoms with Crippen LogP contribution in [0.3, 0.4) is 0 Å². The summed E-state index contributed by atoms with van der Waals surface area (Å²) in [7, 11) is 4.73. The molecule has 0 saturated heterocycles. The van der Waals surface area contributed by atoms with Crippen molar-refractivity contribution < 1.29 is 14.6 Å². The molecule has 8 nitrogen and oxygen atoms in total. The first kappa shape index (κ1) is 23.8. The van der Waals surface area contributed by atoms with Gasteiger partial charge in [-0.15, -0.1) is 0 Å². The minimum atomic E-state index is -0.700. The average Bonchev–Trinajstić information content (AvgIpc) is 2.77. The predicted octanol–water partition coefficient (Wildman–Crippen LogP) is 3.64. The van der Waals surface area contributed by atoms with Crippen LogP contribution < -0.4 is 26.2 Å². The summed E-state index contributed by atoms with van der Waals surface area (Å²) in [5.41, 5.74) is -0.458. The molecule has 0 fully saturated rings. The SMILES string of the molecule is COc1ccccc1C(Nc1c(Nc2cccc(C(=O)N(C)C)c2O)c(=O)c1=O)C(C)(C)C. The standard InChI is InChI=1S/C25H29N3O5/c1-25(2,3)23(14-10-7-8-13-17(14)33-6)27-19-18(21(30)22(19)31)26-16-12-9-11-15(20(16)29)24(32)28(4)5/h7-13,23,26-27,29H,1-6H3. The van der Waals surface area contributed by atoms with E-state index in [0.29, 0.717) is 5.75 Å². The van der Waals surface area contributed by atoms with Crippen LogP contribution in [0.1, 0.15) is 42.7 Å². The Morgan fingerprint density at radius 2 is 1.64 bits per heavy atom. The second-order valence-electron chi connectivity index (χ2n) is 9.12. The number of hydrogen-bond acceptors (Lipinski definition) is 7. The van der Waals surface area contributed by atoms with Gasteiger partial charge >= 0.3 is 0 Å². The molecule has 0 bridgehead atoms. The third-order valence-electron chi connectivity index (χ3n) is 5.45. The summed E-state index contributed by atoms with van der Waals surface area (Å²) in [4.78, 5) is 38.6. The van der Waals surface area contributed by atoms with Crippen LogP contribution >= 0.6 is 0 Å². The molecule has 0 heterocycles. The quantitative estimate of drug-likeness (QED) is 0.372. The van der Waals surface area contributed by atoms with Crippen LogP contribution in [-0.4, -0.2) is 37.1 Å². The predicted molar refractivity (Wildman–Crippen MR) is 130 cm³/mol. The van der Waals surface area contributed by atoms with E-state index in [-0.39, 0.29) is 45.7 Å². The average molecular weight is 452 g/mol. The maximum atomic E-state index is 12.5. The number of hydrogen-bond donors (Lipinski definition) is 3. The van der Waals surface area contributed by atoms with Crippen molar-refractivity contribution in [1.29, 1.82) is 0 Å². The minimum Gasteiger partial charge on any atom is -0.505 e. The highest BCUT2D eigenvalue weighted by atomic mass is 16.5. The van der Waals surface area contributed by atoms with E-state index in [0.717, 1.165) is 5.56 Å². The summed E-state index contributed by atoms with van der Waals surface area (Å²) >= 11 is 0. The molecule has 3 aromatic rings. The number of phenols is 1. The molecule has 33 heavy (non-hydrogen) atoms. The van der Waals surface area contributed by atoms with E-state index >= 15 is 0 Å². The molecule has 0 aliphatic heterocycles. The highest BCUT2D eigenvalue weighted by molar-refractivity contribution is 5.99. The van der Waals surface area contributed by atoms with Crippen LogP contribution in [0.15, 0.2) is 52.1 Å². The Bertz CT molecular complexity index is 1250. The fourth-order valence-electron chi connectivity index (χ4n) is 3.65.